The molecular weight excluding hydrogens is 629 g/mol. The van der Waals surface area contributed by atoms with Crippen LogP contribution in [0.25, 0.3) is 0 Å². The van der Waals surface area contributed by atoms with Crippen molar-refractivity contribution >= 4 is 58.4 Å². The van der Waals surface area contributed by atoms with E-state index in [-0.39, 0.29) is 51.1 Å². The highest BCUT2D eigenvalue weighted by Gasteiger charge is 2.50. The van der Waals surface area contributed by atoms with Crippen molar-refractivity contribution in [1.82, 2.24) is 0 Å². The summed E-state index contributed by atoms with van der Waals surface area (Å²) >= 11 is 11.9. The largest absolute Gasteiger partial charge is 0.454 e. The van der Waals surface area contributed by atoms with E-state index in [4.69, 9.17) is 32.7 Å². The molecule has 10 heteroatoms. The van der Waals surface area contributed by atoms with Crippen LogP contribution < -0.4 is 9.64 Å². The van der Waals surface area contributed by atoms with Crippen molar-refractivity contribution in [3.05, 3.63) is 129 Å². The van der Waals surface area contributed by atoms with Gasteiger partial charge in [0.2, 0.25) is 11.8 Å². The number of amides is 2. The van der Waals surface area contributed by atoms with Gasteiger partial charge in [0.05, 0.1) is 33.7 Å². The number of carbonyl (C=O) groups is 5. The molecular formula is C36H27Cl2NO7. The van der Waals surface area contributed by atoms with Crippen LogP contribution >= 0.6 is 23.2 Å². The molecule has 46 heavy (non-hydrogen) atoms. The van der Waals surface area contributed by atoms with Crippen LogP contribution in [0, 0.1) is 11.8 Å². The number of carbonyl (C=O) groups excluding carboxylic acids is 5. The molecule has 1 aliphatic carbocycles. The summed E-state index contributed by atoms with van der Waals surface area (Å²) in [5, 5.41) is 0.523. The lowest BCUT2D eigenvalue weighted by molar-refractivity contribution is -0.122. The Balaban J connectivity index is 1.06. The topological polar surface area (TPSA) is 107 Å². The van der Waals surface area contributed by atoms with Gasteiger partial charge in [0.25, 0.3) is 0 Å². The van der Waals surface area contributed by atoms with Crippen LogP contribution in [0.5, 0.6) is 5.75 Å². The number of fused-ring (bicyclic) bond motifs is 1. The number of rotatable bonds is 8. The van der Waals surface area contributed by atoms with Gasteiger partial charge in [0, 0.05) is 10.6 Å². The van der Waals surface area contributed by atoms with E-state index < -0.39 is 30.2 Å². The van der Waals surface area contributed by atoms with Gasteiger partial charge in [-0.05, 0) is 91.4 Å². The molecule has 1 heterocycles. The zero-order valence-corrected chi connectivity index (χ0v) is 25.9. The Morgan fingerprint density at radius 1 is 0.739 bits per heavy atom. The monoisotopic (exact) mass is 655 g/mol. The summed E-state index contributed by atoms with van der Waals surface area (Å²) < 4.78 is 10.6. The first kappa shape index (κ1) is 31.2. The fourth-order valence-electron chi connectivity index (χ4n) is 6.06. The van der Waals surface area contributed by atoms with Crippen molar-refractivity contribution in [1.29, 1.82) is 0 Å². The van der Waals surface area contributed by atoms with E-state index in [0.29, 0.717) is 23.6 Å². The Hall–Kier alpha value is -4.79. The van der Waals surface area contributed by atoms with Gasteiger partial charge >= 0.3 is 11.9 Å². The minimum atomic E-state index is -0.777. The number of ether oxygens (including phenoxy) is 2. The first-order chi connectivity index (χ1) is 22.2. The van der Waals surface area contributed by atoms with Gasteiger partial charge < -0.3 is 9.47 Å². The van der Waals surface area contributed by atoms with E-state index >= 15 is 0 Å². The summed E-state index contributed by atoms with van der Waals surface area (Å²) in [7, 11) is 0. The third-order valence-electron chi connectivity index (χ3n) is 8.41. The average molecular weight is 657 g/mol. The van der Waals surface area contributed by atoms with Crippen LogP contribution in [0.4, 0.5) is 5.69 Å². The Kier molecular flexibility index (Phi) is 9.01. The molecule has 3 atom stereocenters. The predicted molar refractivity (Wildman–Crippen MR) is 171 cm³/mol. The molecule has 1 aliphatic heterocycles. The lowest BCUT2D eigenvalue weighted by Gasteiger charge is -2.28. The number of hydrogen-bond acceptors (Lipinski definition) is 7. The van der Waals surface area contributed by atoms with E-state index in [1.807, 2.05) is 18.2 Å². The molecule has 1 saturated heterocycles. The maximum Gasteiger partial charge on any atom is 0.345 e. The van der Waals surface area contributed by atoms with Crippen molar-refractivity contribution in [3.8, 4) is 5.75 Å². The third-order valence-corrected chi connectivity index (χ3v) is 8.96. The molecule has 1 saturated carbocycles. The molecule has 0 unspecified atom stereocenters. The lowest BCUT2D eigenvalue weighted by atomic mass is 9.73. The van der Waals surface area contributed by atoms with E-state index in [0.717, 1.165) is 12.0 Å². The number of esters is 2. The summed E-state index contributed by atoms with van der Waals surface area (Å²) in [5.41, 5.74) is 1.93. The predicted octanol–water partition coefficient (Wildman–Crippen LogP) is 7.33. The van der Waals surface area contributed by atoms with Crippen molar-refractivity contribution in [2.24, 2.45) is 11.8 Å². The van der Waals surface area contributed by atoms with Gasteiger partial charge in [-0.2, -0.15) is 0 Å². The van der Waals surface area contributed by atoms with Gasteiger partial charge in [-0.1, -0.05) is 59.6 Å². The van der Waals surface area contributed by atoms with Gasteiger partial charge in [-0.25, -0.2) is 9.59 Å². The Morgan fingerprint density at radius 2 is 1.48 bits per heavy atom. The molecule has 8 nitrogen and oxygen atoms in total. The molecule has 0 N–H and O–H groups in total. The van der Waals surface area contributed by atoms with Gasteiger partial charge in [0.1, 0.15) is 5.75 Å². The quantitative estimate of drug-likeness (QED) is 0.0847. The number of hydrogen-bond donors (Lipinski definition) is 0. The van der Waals surface area contributed by atoms with E-state index in [1.165, 1.54) is 59.5 Å². The molecule has 4 aromatic rings. The van der Waals surface area contributed by atoms with Crippen molar-refractivity contribution in [2.75, 3.05) is 11.5 Å². The molecule has 0 bridgehead atoms. The lowest BCUT2D eigenvalue weighted by Crippen LogP contribution is -2.31. The van der Waals surface area contributed by atoms with Crippen molar-refractivity contribution in [3.63, 3.8) is 0 Å². The van der Waals surface area contributed by atoms with Crippen LogP contribution in [0.15, 0.2) is 97.1 Å². The average Bonchev–Trinajstić information content (AvgIpc) is 3.32. The number of Topliss-reactive ketones (excluding diaryl/α,β-unsaturated/α-hetero) is 1. The van der Waals surface area contributed by atoms with Crippen LogP contribution in [0.3, 0.4) is 0 Å². The highest BCUT2D eigenvalue weighted by atomic mass is 35.5. The standard InChI is InChI=1S/C36H27Cl2NO7/c37-25-12-16-29(31(38)19-25)36(44)46-27-13-9-22(10-14-27)32(40)20-45-35(43)24-7-4-8-26(17-24)39-33(41)28-15-11-23(18-30(28)34(39)42)21-5-2-1-3-6-21/h1-10,12-14,16-17,19,23,28,30H,11,15,18,20H2/t23-,28+,30+/m0/s1. The maximum absolute atomic E-state index is 13.5. The van der Waals surface area contributed by atoms with Crippen LogP contribution in [0.2, 0.25) is 10.0 Å². The molecule has 0 radical (unpaired) electrons. The number of anilines is 1. The zero-order valence-electron chi connectivity index (χ0n) is 24.4. The first-order valence-corrected chi connectivity index (χ1v) is 15.5. The third kappa shape index (κ3) is 6.45. The SMILES string of the molecule is O=C(COC(=O)c1cccc(N2C(=O)[C@@H]3CC[C@H](c4ccccc4)C[C@H]3C2=O)c1)c1ccc(OC(=O)c2ccc(Cl)cc2Cl)cc1. The highest BCUT2D eigenvalue weighted by Crippen LogP contribution is 2.45. The molecule has 2 aliphatic rings. The smallest absolute Gasteiger partial charge is 0.345 e. The van der Waals surface area contributed by atoms with E-state index in [2.05, 4.69) is 12.1 Å². The minimum Gasteiger partial charge on any atom is -0.454 e. The highest BCUT2D eigenvalue weighted by molar-refractivity contribution is 6.36. The number of halogens is 2. The molecule has 6 rings (SSSR count). The van der Waals surface area contributed by atoms with E-state index in [1.54, 1.807) is 12.1 Å². The van der Waals surface area contributed by atoms with Crippen LogP contribution in [-0.4, -0.2) is 36.1 Å². The summed E-state index contributed by atoms with van der Waals surface area (Å²) in [4.78, 5) is 66.0. The number of ketones is 1. The van der Waals surface area contributed by atoms with Gasteiger partial charge in [-0.3, -0.25) is 19.3 Å². The molecule has 0 aromatic heterocycles. The Morgan fingerprint density at radius 3 is 2.22 bits per heavy atom. The second-order valence-corrected chi connectivity index (χ2v) is 12.1. The van der Waals surface area contributed by atoms with Crippen molar-refractivity contribution in [2.45, 2.75) is 25.2 Å². The van der Waals surface area contributed by atoms with Crippen molar-refractivity contribution < 1.29 is 33.4 Å². The van der Waals surface area contributed by atoms with E-state index in [9.17, 15) is 24.0 Å². The van der Waals surface area contributed by atoms with Crippen LogP contribution in [-0.2, 0) is 14.3 Å². The normalized spacial score (nSPS) is 19.0. The zero-order chi connectivity index (χ0) is 32.4. The molecule has 232 valence electrons. The number of nitrogens with zero attached hydrogens (tertiary/aromatic N) is 1. The summed E-state index contributed by atoms with van der Waals surface area (Å²) in [5.74, 6) is -2.87. The van der Waals surface area contributed by atoms with Crippen LogP contribution in [0.1, 0.15) is 61.8 Å². The number of imide groups is 1. The molecule has 4 aromatic carbocycles. The fraction of sp³-hybridized carbons (Fsp3) is 0.194. The Bertz CT molecular complexity index is 1840. The molecule has 0 spiro atoms. The van der Waals surface area contributed by atoms with Gasteiger partial charge in [0.15, 0.2) is 12.4 Å². The summed E-state index contributed by atoms with van der Waals surface area (Å²) in [6, 6.07) is 26.3. The Labute approximate surface area is 274 Å². The second-order valence-electron chi connectivity index (χ2n) is 11.2. The molecule has 2 fully saturated rings. The first-order valence-electron chi connectivity index (χ1n) is 14.7. The minimum absolute atomic E-state index is 0.103. The fourth-order valence-corrected chi connectivity index (χ4v) is 6.54. The summed E-state index contributed by atoms with van der Waals surface area (Å²) in [6.45, 7) is -0.546. The number of benzene rings is 4. The summed E-state index contributed by atoms with van der Waals surface area (Å²) in [6.07, 6.45) is 2.04. The maximum atomic E-state index is 13.5. The second kappa shape index (κ2) is 13.3. The molecule has 2 amide bonds. The van der Waals surface area contributed by atoms with Gasteiger partial charge in [-0.15, -0.1) is 0 Å².